The number of H-pyrrole nitrogens is 1. The van der Waals surface area contributed by atoms with Gasteiger partial charge >= 0.3 is 5.97 Å². The first kappa shape index (κ1) is 20.1. The van der Waals surface area contributed by atoms with Crippen LogP contribution in [0.3, 0.4) is 0 Å². The highest BCUT2D eigenvalue weighted by atomic mass is 16.5. The Morgan fingerprint density at radius 1 is 1.20 bits per heavy atom. The number of fused-ring (bicyclic) bond motifs is 1. The maximum Gasteiger partial charge on any atom is 0.340 e. The van der Waals surface area contributed by atoms with Gasteiger partial charge in [-0.15, -0.1) is 0 Å². The largest absolute Gasteiger partial charge is 0.449 e. The molecule has 0 spiro atoms. The average Bonchev–Trinajstić information content (AvgIpc) is 3.33. The van der Waals surface area contributed by atoms with Crippen molar-refractivity contribution in [3.8, 4) is 0 Å². The summed E-state index contributed by atoms with van der Waals surface area (Å²) >= 11 is 0. The van der Waals surface area contributed by atoms with Crippen LogP contribution < -0.4 is 5.32 Å². The Hall–Kier alpha value is -3.23. The smallest absolute Gasteiger partial charge is 0.340 e. The number of aryl methyl sites for hydroxylation is 1. The second kappa shape index (κ2) is 8.25. The monoisotopic (exact) mass is 410 g/mol. The van der Waals surface area contributed by atoms with Crippen LogP contribution in [0.25, 0.3) is 11.2 Å². The van der Waals surface area contributed by atoms with Crippen LogP contribution in [0.5, 0.6) is 0 Å². The van der Waals surface area contributed by atoms with Gasteiger partial charge in [-0.1, -0.05) is 19.3 Å². The molecule has 1 aliphatic carbocycles. The van der Waals surface area contributed by atoms with Crippen LogP contribution in [0, 0.1) is 13.8 Å². The third-order valence-corrected chi connectivity index (χ3v) is 5.76. The summed E-state index contributed by atoms with van der Waals surface area (Å²) in [4.78, 5) is 40.3. The summed E-state index contributed by atoms with van der Waals surface area (Å²) in [7, 11) is 0. The molecule has 158 valence electrons. The number of nitrogens with one attached hydrogen (secondary N) is 2. The van der Waals surface area contributed by atoms with Gasteiger partial charge in [0.05, 0.1) is 11.9 Å². The Kier molecular flexibility index (Phi) is 5.52. The molecular weight excluding hydrogens is 384 g/mol. The number of aromatic amines is 1. The summed E-state index contributed by atoms with van der Waals surface area (Å²) in [5.74, 6) is -0.679. The molecule has 0 bridgehead atoms. The van der Waals surface area contributed by atoms with Crippen molar-refractivity contribution in [3.05, 3.63) is 35.7 Å². The number of hydrogen-bond donors (Lipinski definition) is 2. The molecule has 0 aromatic carbocycles. The zero-order chi connectivity index (χ0) is 21.3. The third-order valence-electron chi connectivity index (χ3n) is 5.76. The van der Waals surface area contributed by atoms with E-state index < -0.39 is 18.0 Å². The topological polar surface area (TPSA) is 115 Å². The molecule has 3 heterocycles. The summed E-state index contributed by atoms with van der Waals surface area (Å²) in [5.41, 5.74) is 3.41. The molecule has 30 heavy (non-hydrogen) atoms. The highest BCUT2D eigenvalue weighted by Gasteiger charge is 2.26. The Morgan fingerprint density at radius 2 is 1.97 bits per heavy atom. The number of anilines is 1. The van der Waals surface area contributed by atoms with E-state index in [2.05, 4.69) is 29.8 Å². The van der Waals surface area contributed by atoms with E-state index >= 15 is 0 Å². The highest BCUT2D eigenvalue weighted by molar-refractivity contribution is 6.00. The molecule has 9 heteroatoms. The first-order valence-corrected chi connectivity index (χ1v) is 10.3. The number of ether oxygens (including phenoxy) is 1. The van der Waals surface area contributed by atoms with Gasteiger partial charge in [0.2, 0.25) is 0 Å². The van der Waals surface area contributed by atoms with E-state index in [1.54, 1.807) is 6.92 Å². The van der Waals surface area contributed by atoms with Crippen molar-refractivity contribution >= 4 is 28.9 Å². The van der Waals surface area contributed by atoms with Gasteiger partial charge in [0.15, 0.2) is 17.6 Å². The summed E-state index contributed by atoms with van der Waals surface area (Å²) < 4.78 is 7.71. The van der Waals surface area contributed by atoms with Gasteiger partial charge < -0.3 is 19.6 Å². The fraction of sp³-hybridized carbons (Fsp3) is 0.476. The number of esters is 1. The van der Waals surface area contributed by atoms with Crippen LogP contribution in [0.1, 0.15) is 66.8 Å². The minimum Gasteiger partial charge on any atom is -0.449 e. The number of amides is 1. The van der Waals surface area contributed by atoms with Gasteiger partial charge in [-0.05, 0) is 39.7 Å². The van der Waals surface area contributed by atoms with E-state index in [0.29, 0.717) is 28.6 Å². The first-order valence-electron chi connectivity index (χ1n) is 10.3. The number of hydrogen-bond acceptors (Lipinski definition) is 6. The second-order valence-corrected chi connectivity index (χ2v) is 7.81. The molecule has 1 unspecified atom stereocenters. The Labute approximate surface area is 174 Å². The predicted octanol–water partition coefficient (Wildman–Crippen LogP) is 3.46. The first-order chi connectivity index (χ1) is 14.5. The van der Waals surface area contributed by atoms with Gasteiger partial charge in [0.1, 0.15) is 11.8 Å². The zero-order valence-corrected chi connectivity index (χ0v) is 17.4. The molecule has 1 amide bonds. The van der Waals surface area contributed by atoms with E-state index in [1.807, 2.05) is 19.9 Å². The molecule has 2 N–H and O–H groups in total. The van der Waals surface area contributed by atoms with Crippen molar-refractivity contribution < 1.29 is 14.3 Å². The van der Waals surface area contributed by atoms with E-state index in [4.69, 9.17) is 4.74 Å². The lowest BCUT2D eigenvalue weighted by Gasteiger charge is -2.26. The fourth-order valence-corrected chi connectivity index (χ4v) is 4.24. The SMILES string of the molecule is Cc1cc(C(=O)OC(C)C(=O)Nc2ncnc3nc[nH]c23)c(C)n1C1CCCCC1. The van der Waals surface area contributed by atoms with Crippen LogP contribution in [-0.4, -0.2) is 42.5 Å². The van der Waals surface area contributed by atoms with Crippen molar-refractivity contribution in [2.45, 2.75) is 65.0 Å². The highest BCUT2D eigenvalue weighted by Crippen LogP contribution is 2.32. The number of carbonyl (C=O) groups excluding carboxylic acids is 2. The molecule has 1 atom stereocenters. The minimum atomic E-state index is -0.983. The normalized spacial score (nSPS) is 15.8. The lowest BCUT2D eigenvalue weighted by atomic mass is 9.95. The average molecular weight is 410 g/mol. The van der Waals surface area contributed by atoms with Crippen molar-refractivity contribution in [1.29, 1.82) is 0 Å². The molecular formula is C21H26N6O3. The molecule has 1 saturated carbocycles. The number of rotatable bonds is 5. The Bertz CT molecular complexity index is 1080. The molecule has 1 fully saturated rings. The number of nitrogens with zero attached hydrogens (tertiary/aromatic N) is 4. The molecule has 3 aromatic rings. The maximum absolute atomic E-state index is 12.8. The molecule has 3 aromatic heterocycles. The molecule has 0 aliphatic heterocycles. The summed E-state index contributed by atoms with van der Waals surface area (Å²) in [6.45, 7) is 5.50. The van der Waals surface area contributed by atoms with Gasteiger partial charge in [0.25, 0.3) is 5.91 Å². The maximum atomic E-state index is 12.8. The quantitative estimate of drug-likeness (QED) is 0.623. The van der Waals surface area contributed by atoms with Crippen molar-refractivity contribution in [3.63, 3.8) is 0 Å². The van der Waals surface area contributed by atoms with E-state index in [9.17, 15) is 9.59 Å². The standard InChI is InChI=1S/C21H26N6O3/c1-12-9-16(13(2)27(12)15-7-5-4-6-8-15)21(29)30-14(3)20(28)26-19-17-18(23-10-22-17)24-11-25-19/h9-11,14-15H,4-8H2,1-3H3,(H2,22,23,24,25,26,28). The molecule has 9 nitrogen and oxygen atoms in total. The van der Waals surface area contributed by atoms with Gasteiger partial charge in [-0.25, -0.2) is 19.7 Å². The van der Waals surface area contributed by atoms with Gasteiger partial charge in [-0.3, -0.25) is 4.79 Å². The molecule has 4 rings (SSSR count). The second-order valence-electron chi connectivity index (χ2n) is 7.81. The Morgan fingerprint density at radius 3 is 2.73 bits per heavy atom. The zero-order valence-electron chi connectivity index (χ0n) is 17.4. The lowest BCUT2D eigenvalue weighted by molar-refractivity contribution is -0.123. The van der Waals surface area contributed by atoms with Crippen LogP contribution in [0.2, 0.25) is 0 Å². The summed E-state index contributed by atoms with van der Waals surface area (Å²) in [6, 6.07) is 2.28. The predicted molar refractivity (Wildman–Crippen MR) is 111 cm³/mol. The van der Waals surface area contributed by atoms with E-state index in [0.717, 1.165) is 24.2 Å². The Balaban J connectivity index is 1.45. The van der Waals surface area contributed by atoms with Crippen molar-refractivity contribution in [1.82, 2.24) is 24.5 Å². The van der Waals surface area contributed by atoms with E-state index in [1.165, 1.54) is 31.9 Å². The molecule has 1 aliphatic rings. The van der Waals surface area contributed by atoms with Gasteiger partial charge in [0, 0.05) is 17.4 Å². The molecule has 0 saturated heterocycles. The van der Waals surface area contributed by atoms with Crippen LogP contribution in [-0.2, 0) is 9.53 Å². The number of imidazole rings is 1. The van der Waals surface area contributed by atoms with E-state index in [-0.39, 0.29) is 0 Å². The van der Waals surface area contributed by atoms with Crippen LogP contribution in [0.15, 0.2) is 18.7 Å². The number of aromatic nitrogens is 5. The van der Waals surface area contributed by atoms with Crippen molar-refractivity contribution in [2.24, 2.45) is 0 Å². The van der Waals surface area contributed by atoms with Crippen LogP contribution >= 0.6 is 0 Å². The summed E-state index contributed by atoms with van der Waals surface area (Å²) in [5, 5.41) is 2.67. The minimum absolute atomic E-state index is 0.292. The fourth-order valence-electron chi connectivity index (χ4n) is 4.24. The van der Waals surface area contributed by atoms with Gasteiger partial charge in [-0.2, -0.15) is 0 Å². The number of carbonyl (C=O) groups is 2. The van der Waals surface area contributed by atoms with Crippen LogP contribution in [0.4, 0.5) is 5.82 Å². The van der Waals surface area contributed by atoms with Crippen molar-refractivity contribution in [2.75, 3.05) is 5.32 Å². The molecule has 0 radical (unpaired) electrons. The third kappa shape index (κ3) is 3.79. The lowest BCUT2D eigenvalue weighted by Crippen LogP contribution is -2.30. The summed E-state index contributed by atoms with van der Waals surface area (Å²) in [6.07, 6.45) is 7.76.